The average Bonchev–Trinajstić information content (AvgIpc) is 3.15. The predicted molar refractivity (Wildman–Crippen MR) is 79.2 cm³/mol. The summed E-state index contributed by atoms with van der Waals surface area (Å²) in [6, 6.07) is 0. The van der Waals surface area contributed by atoms with E-state index in [0.29, 0.717) is 32.0 Å². The van der Waals surface area contributed by atoms with Gasteiger partial charge >= 0.3 is 0 Å². The zero-order valence-corrected chi connectivity index (χ0v) is 13.4. The summed E-state index contributed by atoms with van der Waals surface area (Å²) in [5.74, 6) is 0.228. The molecule has 0 bridgehead atoms. The maximum atomic E-state index is 12.5. The number of likely N-dealkylation sites (tertiary alicyclic amines) is 1. The van der Waals surface area contributed by atoms with Crippen molar-refractivity contribution in [2.75, 3.05) is 32.6 Å². The Kier molecular flexibility index (Phi) is 4.22. The van der Waals surface area contributed by atoms with Crippen LogP contribution in [0.15, 0.2) is 11.1 Å². The number of aromatic amines is 1. The lowest BCUT2D eigenvalue weighted by Gasteiger charge is -2.26. The minimum Gasteiger partial charge on any atom is -0.381 e. The van der Waals surface area contributed by atoms with Crippen molar-refractivity contribution in [3.8, 4) is 0 Å². The number of amides is 1. The van der Waals surface area contributed by atoms with Gasteiger partial charge in [0, 0.05) is 44.4 Å². The number of aromatic nitrogens is 2. The maximum absolute atomic E-state index is 12.5. The van der Waals surface area contributed by atoms with Crippen LogP contribution in [0.5, 0.6) is 0 Å². The molecule has 0 saturated carbocycles. The first-order chi connectivity index (χ1) is 10.5. The lowest BCUT2D eigenvalue weighted by molar-refractivity contribution is -0.137. The molecule has 1 N–H and O–H groups in total. The zero-order chi connectivity index (χ0) is 15.7. The third kappa shape index (κ3) is 3.03. The van der Waals surface area contributed by atoms with Crippen LogP contribution >= 0.6 is 0 Å². The molecule has 1 aromatic rings. The van der Waals surface area contributed by atoms with Gasteiger partial charge in [-0.15, -0.1) is 0 Å². The molecule has 1 amide bonds. The summed E-state index contributed by atoms with van der Waals surface area (Å²) in [5, 5.41) is 6.67. The van der Waals surface area contributed by atoms with Crippen LogP contribution in [0.3, 0.4) is 0 Å². The Morgan fingerprint density at radius 2 is 2.09 bits per heavy atom. The third-order valence-electron chi connectivity index (χ3n) is 4.51. The molecule has 2 aliphatic heterocycles. The van der Waals surface area contributed by atoms with E-state index in [1.165, 1.54) is 12.5 Å². The summed E-state index contributed by atoms with van der Waals surface area (Å²) in [4.78, 5) is 14.6. The second-order valence-electron chi connectivity index (χ2n) is 6.08. The molecular weight excluding hydrogens is 306 g/mol. The van der Waals surface area contributed by atoms with Crippen molar-refractivity contribution in [3.05, 3.63) is 11.9 Å². The molecule has 1 atom stereocenters. The number of nitrogens with one attached hydrogen (secondary N) is 1. The van der Waals surface area contributed by atoms with E-state index in [-0.39, 0.29) is 22.6 Å². The monoisotopic (exact) mass is 327 g/mol. The SMILES string of the molecule is CS(=O)(=O)c1cn[nH]c1[C@@H]1CCN(C(=O)C2CCOCC2)C1. The highest BCUT2D eigenvalue weighted by Crippen LogP contribution is 2.31. The standard InChI is InChI=1S/C14H21N3O4S/c1-22(19,20)12-8-15-16-13(12)11-2-5-17(9-11)14(18)10-3-6-21-7-4-10/h8,10-11H,2-7,9H2,1H3,(H,15,16)/t11-/m1/s1. The van der Waals surface area contributed by atoms with Gasteiger partial charge in [0.1, 0.15) is 4.90 Å². The van der Waals surface area contributed by atoms with Gasteiger partial charge in [0.15, 0.2) is 9.84 Å². The highest BCUT2D eigenvalue weighted by atomic mass is 32.2. The zero-order valence-electron chi connectivity index (χ0n) is 12.6. The summed E-state index contributed by atoms with van der Waals surface area (Å²) in [5.41, 5.74) is 0.629. The van der Waals surface area contributed by atoms with E-state index in [1.54, 1.807) is 0 Å². The number of sulfone groups is 1. The molecule has 0 aliphatic carbocycles. The van der Waals surface area contributed by atoms with Crippen molar-refractivity contribution < 1.29 is 17.9 Å². The van der Waals surface area contributed by atoms with Crippen molar-refractivity contribution in [2.24, 2.45) is 5.92 Å². The lowest BCUT2D eigenvalue weighted by atomic mass is 9.99. The molecule has 22 heavy (non-hydrogen) atoms. The van der Waals surface area contributed by atoms with E-state index >= 15 is 0 Å². The molecule has 0 unspecified atom stereocenters. The average molecular weight is 327 g/mol. The first kappa shape index (κ1) is 15.5. The summed E-state index contributed by atoms with van der Waals surface area (Å²) < 4.78 is 28.9. The van der Waals surface area contributed by atoms with E-state index in [0.717, 1.165) is 19.3 Å². The Hall–Kier alpha value is -1.41. The van der Waals surface area contributed by atoms with Crippen LogP contribution in [-0.4, -0.2) is 62.0 Å². The van der Waals surface area contributed by atoms with Gasteiger partial charge in [0.25, 0.3) is 0 Å². The predicted octanol–water partition coefficient (Wildman–Crippen LogP) is 0.556. The Morgan fingerprint density at radius 1 is 1.36 bits per heavy atom. The summed E-state index contributed by atoms with van der Waals surface area (Å²) >= 11 is 0. The number of nitrogens with zero attached hydrogens (tertiary/aromatic N) is 2. The highest BCUT2D eigenvalue weighted by Gasteiger charge is 2.34. The van der Waals surface area contributed by atoms with Gasteiger partial charge in [0.2, 0.25) is 5.91 Å². The van der Waals surface area contributed by atoms with E-state index in [4.69, 9.17) is 4.74 Å². The number of H-pyrrole nitrogens is 1. The second kappa shape index (κ2) is 6.00. The number of carbonyl (C=O) groups excluding carboxylic acids is 1. The number of carbonyl (C=O) groups is 1. The van der Waals surface area contributed by atoms with Crippen LogP contribution in [0.1, 0.15) is 30.9 Å². The minimum absolute atomic E-state index is 0.0102. The molecule has 0 spiro atoms. The molecule has 122 valence electrons. The quantitative estimate of drug-likeness (QED) is 0.875. The highest BCUT2D eigenvalue weighted by molar-refractivity contribution is 7.90. The summed E-state index contributed by atoms with van der Waals surface area (Å²) in [7, 11) is -3.30. The van der Waals surface area contributed by atoms with Gasteiger partial charge in [-0.25, -0.2) is 8.42 Å². The summed E-state index contributed by atoms with van der Waals surface area (Å²) in [6.45, 7) is 2.52. The first-order valence-corrected chi connectivity index (χ1v) is 9.46. The fraction of sp³-hybridized carbons (Fsp3) is 0.714. The molecule has 0 aromatic carbocycles. The second-order valence-corrected chi connectivity index (χ2v) is 8.06. The smallest absolute Gasteiger partial charge is 0.225 e. The normalized spacial score (nSPS) is 23.9. The van der Waals surface area contributed by atoms with Crippen molar-refractivity contribution in [2.45, 2.75) is 30.1 Å². The Balaban J connectivity index is 1.70. The van der Waals surface area contributed by atoms with Gasteiger partial charge < -0.3 is 9.64 Å². The van der Waals surface area contributed by atoms with Crippen molar-refractivity contribution in [1.82, 2.24) is 15.1 Å². The van der Waals surface area contributed by atoms with Crippen molar-refractivity contribution >= 4 is 15.7 Å². The molecule has 3 rings (SSSR count). The van der Waals surface area contributed by atoms with Gasteiger partial charge in [0.05, 0.1) is 11.9 Å². The number of rotatable bonds is 3. The van der Waals surface area contributed by atoms with Gasteiger partial charge in [-0.3, -0.25) is 9.89 Å². The van der Waals surface area contributed by atoms with Gasteiger partial charge in [-0.05, 0) is 19.3 Å². The fourth-order valence-electron chi connectivity index (χ4n) is 3.27. The van der Waals surface area contributed by atoms with E-state index in [9.17, 15) is 13.2 Å². The van der Waals surface area contributed by atoms with E-state index in [1.807, 2.05) is 4.90 Å². The number of ether oxygens (including phenoxy) is 1. The fourth-order valence-corrected chi connectivity index (χ4v) is 4.13. The number of hydrogen-bond acceptors (Lipinski definition) is 5. The lowest BCUT2D eigenvalue weighted by Crippen LogP contribution is -2.37. The van der Waals surface area contributed by atoms with Crippen LogP contribution in [0.2, 0.25) is 0 Å². The number of hydrogen-bond donors (Lipinski definition) is 1. The Morgan fingerprint density at radius 3 is 2.77 bits per heavy atom. The molecule has 8 heteroatoms. The molecule has 3 heterocycles. The molecule has 7 nitrogen and oxygen atoms in total. The van der Waals surface area contributed by atoms with Crippen molar-refractivity contribution in [3.63, 3.8) is 0 Å². The van der Waals surface area contributed by atoms with E-state index in [2.05, 4.69) is 10.2 Å². The molecule has 2 aliphatic rings. The molecule has 2 fully saturated rings. The topological polar surface area (TPSA) is 92.4 Å². The first-order valence-electron chi connectivity index (χ1n) is 7.56. The minimum atomic E-state index is -3.30. The van der Waals surface area contributed by atoms with Crippen LogP contribution in [0.4, 0.5) is 0 Å². The van der Waals surface area contributed by atoms with Gasteiger partial charge in [-0.1, -0.05) is 0 Å². The third-order valence-corrected chi connectivity index (χ3v) is 5.63. The van der Waals surface area contributed by atoms with Crippen molar-refractivity contribution in [1.29, 1.82) is 0 Å². The summed E-state index contributed by atoms with van der Waals surface area (Å²) in [6.07, 6.45) is 4.85. The molecule has 1 aromatic heterocycles. The Labute approximate surface area is 129 Å². The van der Waals surface area contributed by atoms with E-state index < -0.39 is 9.84 Å². The van der Waals surface area contributed by atoms with Crippen LogP contribution in [0, 0.1) is 5.92 Å². The largest absolute Gasteiger partial charge is 0.381 e. The van der Waals surface area contributed by atoms with Crippen LogP contribution in [-0.2, 0) is 19.4 Å². The Bertz CT molecular complexity index is 649. The molecule has 2 saturated heterocycles. The van der Waals surface area contributed by atoms with Gasteiger partial charge in [-0.2, -0.15) is 5.10 Å². The van der Waals surface area contributed by atoms with Crippen LogP contribution in [0.25, 0.3) is 0 Å². The molecule has 0 radical (unpaired) electrons. The molecular formula is C14H21N3O4S. The van der Waals surface area contributed by atoms with Crippen LogP contribution < -0.4 is 0 Å². The maximum Gasteiger partial charge on any atom is 0.225 e.